The molecule has 1 aliphatic rings. The van der Waals surface area contributed by atoms with E-state index in [2.05, 4.69) is 107 Å². The molecule has 0 atom stereocenters. The average molecular weight is 539 g/mol. The van der Waals surface area contributed by atoms with Gasteiger partial charge in [0.2, 0.25) is 0 Å². The van der Waals surface area contributed by atoms with Crippen LogP contribution in [0.1, 0.15) is 0 Å². The summed E-state index contributed by atoms with van der Waals surface area (Å²) in [5, 5.41) is 0. The van der Waals surface area contributed by atoms with Crippen LogP contribution in [0.3, 0.4) is 0 Å². The van der Waals surface area contributed by atoms with E-state index in [1.165, 1.54) is 11.1 Å². The number of anilines is 4. The number of hydrogen-bond acceptors (Lipinski definition) is 2. The fraction of sp³-hybridized carbons (Fsp3) is 0. The Morgan fingerprint density at radius 1 is 0.571 bits per heavy atom. The van der Waals surface area contributed by atoms with Gasteiger partial charge in [-0.15, -0.1) is 12.4 Å². The first-order chi connectivity index (χ1) is 13.4. The predicted octanol–water partition coefficient (Wildman–Crippen LogP) is 6.56. The van der Waals surface area contributed by atoms with E-state index in [1.807, 2.05) is 18.2 Å². The van der Waals surface area contributed by atoms with Gasteiger partial charge in [0.25, 0.3) is 0 Å². The largest absolute Gasteiger partial charge is 0.493 e. The molecule has 3 heteroatoms. The van der Waals surface area contributed by atoms with Crippen molar-refractivity contribution in [1.82, 2.24) is 0 Å². The molecule has 0 saturated carbocycles. The van der Waals surface area contributed by atoms with Crippen LogP contribution >= 0.6 is 0 Å². The Labute approximate surface area is 179 Å². The Morgan fingerprint density at radius 2 is 1.18 bits per heavy atom. The molecule has 4 aromatic rings. The van der Waals surface area contributed by atoms with Crippen LogP contribution in [0.25, 0.3) is 11.1 Å². The minimum atomic E-state index is 0. The van der Waals surface area contributed by atoms with Gasteiger partial charge in [0.1, 0.15) is 0 Å². The normalized spacial score (nSPS) is 12.4. The van der Waals surface area contributed by atoms with Gasteiger partial charge in [-0.3, -0.25) is 0 Å². The number of para-hydroxylation sites is 4. The van der Waals surface area contributed by atoms with Crippen LogP contribution in [0.5, 0.6) is 0 Å². The van der Waals surface area contributed by atoms with Crippen molar-refractivity contribution in [2.75, 3.05) is 9.80 Å². The van der Waals surface area contributed by atoms with Gasteiger partial charge in [0, 0.05) is 42.7 Å². The van der Waals surface area contributed by atoms with E-state index >= 15 is 0 Å². The van der Waals surface area contributed by atoms with E-state index in [4.69, 9.17) is 0 Å². The van der Waals surface area contributed by atoms with Gasteiger partial charge in [0.05, 0.1) is 0 Å². The number of fused-ring (bicyclic) bond motifs is 1. The topological polar surface area (TPSA) is 6.48 Å². The molecule has 0 bridgehead atoms. The average Bonchev–Trinajstić information content (AvgIpc) is 3.15. The fourth-order valence-electron chi connectivity index (χ4n) is 3.57. The van der Waals surface area contributed by atoms with E-state index in [0.29, 0.717) is 0 Å². The summed E-state index contributed by atoms with van der Waals surface area (Å²) < 4.78 is 0. The summed E-state index contributed by atoms with van der Waals surface area (Å²) >= 11 is 0. The van der Waals surface area contributed by atoms with Crippen molar-refractivity contribution in [3.05, 3.63) is 116 Å². The van der Waals surface area contributed by atoms with Crippen LogP contribution in [-0.4, -0.2) is 0 Å². The molecule has 2 nitrogen and oxygen atoms in total. The second-order valence-electron chi connectivity index (χ2n) is 6.48. The zero-order valence-electron chi connectivity index (χ0n) is 15.1. The fourth-order valence-corrected chi connectivity index (χ4v) is 3.57. The van der Waals surface area contributed by atoms with Crippen molar-refractivity contribution in [2.45, 2.75) is 0 Å². The van der Waals surface area contributed by atoms with Crippen molar-refractivity contribution < 1.29 is 20.1 Å². The van der Waals surface area contributed by atoms with E-state index in [1.54, 1.807) is 0 Å². The molecule has 1 radical (unpaired) electrons. The van der Waals surface area contributed by atoms with E-state index in [0.717, 1.165) is 22.7 Å². The maximum absolute atomic E-state index is 3.34. The van der Waals surface area contributed by atoms with Crippen molar-refractivity contribution >= 4 is 22.7 Å². The summed E-state index contributed by atoms with van der Waals surface area (Å²) in [7, 11) is 0. The first-order valence-electron chi connectivity index (χ1n) is 9.05. The Hall–Kier alpha value is -2.87. The van der Waals surface area contributed by atoms with Crippen molar-refractivity contribution in [2.24, 2.45) is 0 Å². The first-order valence-corrected chi connectivity index (χ1v) is 9.05. The van der Waals surface area contributed by atoms with E-state index in [-0.39, 0.29) is 20.1 Å². The molecule has 28 heavy (non-hydrogen) atoms. The van der Waals surface area contributed by atoms with Crippen LogP contribution in [-0.2, 0) is 20.1 Å². The third-order valence-electron chi connectivity index (χ3n) is 4.83. The molecule has 0 saturated heterocycles. The van der Waals surface area contributed by atoms with Crippen LogP contribution in [0.15, 0.2) is 103 Å². The SMILES string of the molecule is [Ir].[c-]1ccccc1N1[CH-]N(c2ccccc2-c2ccccc2)c2ccccc21. The molecule has 4 aromatic carbocycles. The Bertz CT molecular complexity index is 1060. The van der Waals surface area contributed by atoms with Crippen LogP contribution < -0.4 is 9.80 Å². The maximum Gasteiger partial charge on any atom is 0.0344 e. The van der Waals surface area contributed by atoms with E-state index < -0.39 is 0 Å². The van der Waals surface area contributed by atoms with Crippen molar-refractivity contribution in [3.63, 3.8) is 0 Å². The Morgan fingerprint density at radius 3 is 1.89 bits per heavy atom. The molecule has 5 rings (SSSR count). The summed E-state index contributed by atoms with van der Waals surface area (Å²) in [4.78, 5) is 4.45. The molecule has 0 unspecified atom stereocenters. The second kappa shape index (κ2) is 8.02. The maximum atomic E-state index is 3.34. The quantitative estimate of drug-likeness (QED) is 0.273. The zero-order valence-corrected chi connectivity index (χ0v) is 17.5. The van der Waals surface area contributed by atoms with Crippen molar-refractivity contribution in [1.29, 1.82) is 0 Å². The standard InChI is InChI=1S/C25H18N2.Ir/c1-3-11-20(12-4-1)22-15-7-8-16-23(22)27-19-26(21-13-5-2-6-14-21)24-17-9-10-18-25(24)27;/h1-13,15-19H;/q-2;. The van der Waals surface area contributed by atoms with Crippen molar-refractivity contribution in [3.8, 4) is 11.1 Å². The summed E-state index contributed by atoms with van der Waals surface area (Å²) in [5.41, 5.74) is 6.94. The third-order valence-corrected chi connectivity index (χ3v) is 4.83. The molecule has 0 spiro atoms. The first kappa shape index (κ1) is 18.5. The van der Waals surface area contributed by atoms with Gasteiger partial charge >= 0.3 is 0 Å². The molecule has 1 aliphatic heterocycles. The van der Waals surface area contributed by atoms with Gasteiger partial charge in [-0.25, -0.2) is 0 Å². The van der Waals surface area contributed by atoms with Gasteiger partial charge in [0.15, 0.2) is 0 Å². The van der Waals surface area contributed by atoms with Gasteiger partial charge < -0.3 is 9.80 Å². The van der Waals surface area contributed by atoms with Crippen LogP contribution in [0, 0.1) is 12.7 Å². The minimum absolute atomic E-state index is 0. The summed E-state index contributed by atoms with van der Waals surface area (Å²) in [6, 6.07) is 39.0. The number of rotatable bonds is 3. The summed E-state index contributed by atoms with van der Waals surface area (Å²) in [6.07, 6.45) is 0. The Kier molecular flexibility index (Phi) is 5.29. The monoisotopic (exact) mass is 539 g/mol. The minimum Gasteiger partial charge on any atom is -0.493 e. The zero-order chi connectivity index (χ0) is 18.1. The molecule has 0 N–H and O–H groups in total. The molecule has 0 aliphatic carbocycles. The van der Waals surface area contributed by atoms with Gasteiger partial charge in [-0.05, 0) is 23.8 Å². The molecular formula is C25H18IrN2-2. The molecule has 0 amide bonds. The van der Waals surface area contributed by atoms with Gasteiger partial charge in [-0.2, -0.15) is 30.3 Å². The number of nitrogens with zero attached hydrogens (tertiary/aromatic N) is 2. The van der Waals surface area contributed by atoms with E-state index in [9.17, 15) is 0 Å². The predicted molar refractivity (Wildman–Crippen MR) is 112 cm³/mol. The third kappa shape index (κ3) is 3.24. The van der Waals surface area contributed by atoms with Gasteiger partial charge in [-0.1, -0.05) is 60.7 Å². The molecular weight excluding hydrogens is 521 g/mol. The second-order valence-corrected chi connectivity index (χ2v) is 6.48. The molecule has 0 aromatic heterocycles. The number of hydrogen-bond donors (Lipinski definition) is 0. The molecule has 1 heterocycles. The smallest absolute Gasteiger partial charge is 0.0344 e. The molecule has 139 valence electrons. The summed E-state index contributed by atoms with van der Waals surface area (Å²) in [6.45, 7) is 2.15. The molecule has 0 fully saturated rings. The number of benzene rings is 4. The summed E-state index contributed by atoms with van der Waals surface area (Å²) in [5.74, 6) is 0. The van der Waals surface area contributed by atoms with Crippen LogP contribution in [0.2, 0.25) is 0 Å². The van der Waals surface area contributed by atoms with Crippen LogP contribution in [0.4, 0.5) is 22.7 Å². The Balaban J connectivity index is 0.00000192.